The van der Waals surface area contributed by atoms with Gasteiger partial charge < -0.3 is 29.7 Å². The Morgan fingerprint density at radius 1 is 0.973 bits per heavy atom. The molecular formula is C28H28N2O7. The zero-order valence-electron chi connectivity index (χ0n) is 20.9. The van der Waals surface area contributed by atoms with Gasteiger partial charge in [0.2, 0.25) is 11.7 Å². The molecule has 192 valence electrons. The molecule has 1 saturated heterocycles. The number of nitrogens with zero attached hydrogens (tertiary/aromatic N) is 1. The normalized spacial score (nSPS) is 22.5. The molecule has 1 amide bonds. The number of hydrogen-bond acceptors (Lipinski definition) is 8. The van der Waals surface area contributed by atoms with Crippen LogP contribution in [0.25, 0.3) is 0 Å². The molecule has 3 unspecified atom stereocenters. The molecule has 3 N–H and O–H groups in total. The van der Waals surface area contributed by atoms with Gasteiger partial charge in [-0.05, 0) is 42.9 Å². The third kappa shape index (κ3) is 3.49. The number of Topliss-reactive ketones (excluding diaryl/α,β-unsaturated/α-hetero) is 1. The van der Waals surface area contributed by atoms with Crippen molar-refractivity contribution in [2.45, 2.75) is 11.5 Å². The molecule has 1 fully saturated rings. The first-order valence-electron chi connectivity index (χ1n) is 11.8. The predicted molar refractivity (Wildman–Crippen MR) is 136 cm³/mol. The van der Waals surface area contributed by atoms with E-state index in [1.54, 1.807) is 18.2 Å². The number of nitrogens with one attached hydrogen (secondary N) is 1. The molecule has 2 aliphatic heterocycles. The minimum Gasteiger partial charge on any atom is -0.504 e. The van der Waals surface area contributed by atoms with Gasteiger partial charge in [0.1, 0.15) is 5.54 Å². The predicted octanol–water partition coefficient (Wildman–Crippen LogP) is 3.50. The van der Waals surface area contributed by atoms with E-state index in [1.165, 1.54) is 33.5 Å². The quantitative estimate of drug-likeness (QED) is 0.345. The van der Waals surface area contributed by atoms with Gasteiger partial charge in [0.15, 0.2) is 28.8 Å². The molecule has 0 aliphatic carbocycles. The number of benzene rings is 3. The van der Waals surface area contributed by atoms with Crippen molar-refractivity contribution in [2.24, 2.45) is 5.92 Å². The Hall–Kier alpha value is -4.24. The van der Waals surface area contributed by atoms with Gasteiger partial charge in [0, 0.05) is 29.3 Å². The first kappa shape index (κ1) is 24.5. The number of rotatable bonds is 6. The number of anilines is 1. The number of likely N-dealkylation sites (tertiary alicyclic amines) is 1. The average Bonchev–Trinajstić information content (AvgIpc) is 3.38. The van der Waals surface area contributed by atoms with Gasteiger partial charge in [-0.15, -0.1) is 0 Å². The van der Waals surface area contributed by atoms with Crippen LogP contribution in [0.5, 0.6) is 28.7 Å². The van der Waals surface area contributed by atoms with Gasteiger partial charge in [0.05, 0.1) is 27.2 Å². The lowest BCUT2D eigenvalue weighted by atomic mass is 9.70. The second-order valence-electron chi connectivity index (χ2n) is 9.26. The van der Waals surface area contributed by atoms with Crippen molar-refractivity contribution in [1.29, 1.82) is 0 Å². The maximum Gasteiger partial charge on any atom is 0.250 e. The summed E-state index contributed by atoms with van der Waals surface area (Å²) in [6.07, 6.45) is 0. The molecule has 0 radical (unpaired) electrons. The summed E-state index contributed by atoms with van der Waals surface area (Å²) < 4.78 is 16.4. The number of ether oxygens (including phenoxy) is 3. The van der Waals surface area contributed by atoms with Crippen molar-refractivity contribution < 1.29 is 34.0 Å². The molecule has 37 heavy (non-hydrogen) atoms. The molecular weight excluding hydrogens is 476 g/mol. The minimum atomic E-state index is -1.30. The summed E-state index contributed by atoms with van der Waals surface area (Å²) in [5, 5.41) is 23.1. The number of carbonyl (C=O) groups excluding carboxylic acids is 2. The molecule has 1 spiro atoms. The molecule has 2 aliphatic rings. The van der Waals surface area contributed by atoms with E-state index in [0.717, 1.165) is 0 Å². The van der Waals surface area contributed by atoms with Crippen LogP contribution < -0.4 is 19.5 Å². The highest BCUT2D eigenvalue weighted by molar-refractivity contribution is 6.12. The molecule has 9 heteroatoms. The van der Waals surface area contributed by atoms with Crippen molar-refractivity contribution in [3.05, 3.63) is 71.3 Å². The van der Waals surface area contributed by atoms with E-state index in [4.69, 9.17) is 14.2 Å². The highest BCUT2D eigenvalue weighted by Gasteiger charge is 2.64. The van der Waals surface area contributed by atoms with E-state index in [1.807, 2.05) is 36.2 Å². The summed E-state index contributed by atoms with van der Waals surface area (Å²) in [5.74, 6) is -1.53. The topological polar surface area (TPSA) is 118 Å². The fraction of sp³-hybridized carbons (Fsp3) is 0.286. The van der Waals surface area contributed by atoms with E-state index >= 15 is 0 Å². The van der Waals surface area contributed by atoms with Gasteiger partial charge in [-0.2, -0.15) is 0 Å². The Balaban J connectivity index is 1.74. The maximum absolute atomic E-state index is 14.5. The van der Waals surface area contributed by atoms with Crippen molar-refractivity contribution in [3.63, 3.8) is 0 Å². The Morgan fingerprint density at radius 2 is 1.65 bits per heavy atom. The van der Waals surface area contributed by atoms with Crippen LogP contribution in [0, 0.1) is 5.92 Å². The summed E-state index contributed by atoms with van der Waals surface area (Å²) >= 11 is 0. The fourth-order valence-electron chi connectivity index (χ4n) is 5.87. The fourth-order valence-corrected chi connectivity index (χ4v) is 5.87. The Labute approximate surface area is 214 Å². The molecule has 9 nitrogen and oxygen atoms in total. The van der Waals surface area contributed by atoms with Gasteiger partial charge in [-0.1, -0.05) is 24.3 Å². The van der Waals surface area contributed by atoms with Crippen LogP contribution in [0.1, 0.15) is 27.4 Å². The lowest BCUT2D eigenvalue weighted by Crippen LogP contribution is -2.51. The van der Waals surface area contributed by atoms with Gasteiger partial charge in [-0.25, -0.2) is 0 Å². The zero-order chi connectivity index (χ0) is 26.5. The number of phenols is 2. The van der Waals surface area contributed by atoms with Crippen molar-refractivity contribution in [2.75, 3.05) is 40.2 Å². The van der Waals surface area contributed by atoms with Crippen LogP contribution in [0.2, 0.25) is 0 Å². The first-order chi connectivity index (χ1) is 17.8. The van der Waals surface area contributed by atoms with Gasteiger partial charge in [-0.3, -0.25) is 14.5 Å². The van der Waals surface area contributed by atoms with Gasteiger partial charge >= 0.3 is 0 Å². The summed E-state index contributed by atoms with van der Waals surface area (Å²) in [7, 11) is 6.24. The van der Waals surface area contributed by atoms with E-state index < -0.39 is 17.4 Å². The second-order valence-corrected chi connectivity index (χ2v) is 9.26. The van der Waals surface area contributed by atoms with Crippen molar-refractivity contribution >= 4 is 17.4 Å². The number of carbonyl (C=O) groups is 2. The van der Waals surface area contributed by atoms with Crippen LogP contribution in [-0.2, 0) is 10.3 Å². The highest BCUT2D eigenvalue weighted by atomic mass is 16.5. The van der Waals surface area contributed by atoms with Crippen LogP contribution in [-0.4, -0.2) is 61.7 Å². The summed E-state index contributed by atoms with van der Waals surface area (Å²) in [4.78, 5) is 30.2. The van der Waals surface area contributed by atoms with E-state index in [9.17, 15) is 19.8 Å². The SMILES string of the molecule is COc1cc(C(=O)C2C(c3ccc(O)c(O)c3)CN(C)C23C(=O)Nc2ccccc23)cc(OC)c1OC. The number of likely N-dealkylation sites (N-methyl/N-ethyl adjacent to an activating group) is 1. The third-order valence-electron chi connectivity index (χ3n) is 7.52. The lowest BCUT2D eigenvalue weighted by Gasteiger charge is -2.35. The molecule has 2 heterocycles. The monoisotopic (exact) mass is 504 g/mol. The summed E-state index contributed by atoms with van der Waals surface area (Å²) in [6, 6.07) is 15.0. The molecule has 0 aromatic heterocycles. The molecule has 0 saturated carbocycles. The highest BCUT2D eigenvalue weighted by Crippen LogP contribution is 2.56. The van der Waals surface area contributed by atoms with Crippen LogP contribution in [0.3, 0.4) is 0 Å². The van der Waals surface area contributed by atoms with Gasteiger partial charge in [0.25, 0.3) is 0 Å². The number of aromatic hydroxyl groups is 2. The zero-order valence-corrected chi connectivity index (χ0v) is 20.9. The Kier molecular flexibility index (Phi) is 5.95. The number of amides is 1. The number of hydrogen-bond donors (Lipinski definition) is 3. The average molecular weight is 505 g/mol. The maximum atomic E-state index is 14.5. The molecule has 3 aromatic rings. The summed E-state index contributed by atoms with van der Waals surface area (Å²) in [6.45, 7) is 0.354. The van der Waals surface area contributed by atoms with Crippen LogP contribution in [0.15, 0.2) is 54.6 Å². The van der Waals surface area contributed by atoms with E-state index in [-0.39, 0.29) is 23.2 Å². The molecule has 3 aromatic carbocycles. The van der Waals surface area contributed by atoms with Crippen LogP contribution >= 0.6 is 0 Å². The number of ketones is 1. The van der Waals surface area contributed by atoms with Crippen molar-refractivity contribution in [3.8, 4) is 28.7 Å². The van der Waals surface area contributed by atoms with E-state index in [2.05, 4.69) is 5.32 Å². The standard InChI is InChI=1S/C28H28N2O7/c1-30-14-17(15-9-10-20(31)21(32)11-15)24(28(30)18-7-5-6-8-19(18)29-27(28)34)25(33)16-12-22(35-2)26(37-4)23(13-16)36-3/h5-13,17,24,31-32H,14H2,1-4H3,(H,29,34). The van der Waals surface area contributed by atoms with Crippen molar-refractivity contribution in [1.82, 2.24) is 4.90 Å². The Bertz CT molecular complexity index is 1380. The Morgan fingerprint density at radius 3 is 2.27 bits per heavy atom. The van der Waals surface area contributed by atoms with Crippen LogP contribution in [0.4, 0.5) is 5.69 Å². The number of methoxy groups -OCH3 is 3. The number of phenolic OH excluding ortho intramolecular Hbond substituents is 2. The lowest BCUT2D eigenvalue weighted by molar-refractivity contribution is -0.126. The molecule has 0 bridgehead atoms. The second kappa shape index (κ2) is 9.01. The first-order valence-corrected chi connectivity index (χ1v) is 11.8. The largest absolute Gasteiger partial charge is 0.504 e. The molecule has 5 rings (SSSR count). The smallest absolute Gasteiger partial charge is 0.250 e. The number of para-hydroxylation sites is 1. The van der Waals surface area contributed by atoms with E-state index in [0.29, 0.717) is 46.2 Å². The number of fused-ring (bicyclic) bond motifs is 2. The minimum absolute atomic E-state index is 0.263. The third-order valence-corrected chi connectivity index (χ3v) is 7.52. The summed E-state index contributed by atoms with van der Waals surface area (Å²) in [5.41, 5.74) is 0.975. The molecule has 3 atom stereocenters.